The van der Waals surface area contributed by atoms with Crippen LogP contribution in [0, 0.1) is 0 Å². The van der Waals surface area contributed by atoms with E-state index in [0.29, 0.717) is 0 Å². The predicted octanol–water partition coefficient (Wildman–Crippen LogP) is 5.09. The van der Waals surface area contributed by atoms with Gasteiger partial charge in [0.05, 0.1) is 13.0 Å². The molecule has 4 aromatic carbocycles. The van der Waals surface area contributed by atoms with Crippen LogP contribution in [0.5, 0.6) is 0 Å². The summed E-state index contributed by atoms with van der Waals surface area (Å²) in [6.07, 6.45) is 0. The molecule has 0 fully saturated rings. The summed E-state index contributed by atoms with van der Waals surface area (Å²) >= 11 is 0. The van der Waals surface area contributed by atoms with E-state index < -0.39 is 17.3 Å². The molecule has 0 aliphatic carbocycles. The summed E-state index contributed by atoms with van der Waals surface area (Å²) in [5, 5.41) is 3.09. The van der Waals surface area contributed by atoms with E-state index >= 15 is 0 Å². The van der Waals surface area contributed by atoms with E-state index in [1.807, 2.05) is 121 Å². The smallest absolute Gasteiger partial charge is 0.314 e. The number of hydrogen-bond donors (Lipinski definition) is 1. The first-order valence-electron chi connectivity index (χ1n) is 11.3. The first kappa shape index (κ1) is 23.0. The third-order valence-corrected chi connectivity index (χ3v) is 6.12. The summed E-state index contributed by atoms with van der Waals surface area (Å²) in [5.41, 5.74) is 2.23. The lowest BCUT2D eigenvalue weighted by Gasteiger charge is -2.35. The number of methoxy groups -OCH3 is 1. The SMILES string of the molecule is COC(=O)C(CNC(=O)C(c1ccccc1)(c1ccccc1)c1ccccc1)c1ccccc1. The van der Waals surface area contributed by atoms with Gasteiger partial charge in [-0.15, -0.1) is 0 Å². The maximum atomic E-state index is 14.3. The van der Waals surface area contributed by atoms with Crippen LogP contribution in [0.3, 0.4) is 0 Å². The molecule has 1 unspecified atom stereocenters. The van der Waals surface area contributed by atoms with Crippen LogP contribution in [-0.4, -0.2) is 25.5 Å². The van der Waals surface area contributed by atoms with E-state index in [-0.39, 0.29) is 12.5 Å². The number of amides is 1. The number of carbonyl (C=O) groups excluding carboxylic acids is 2. The number of nitrogens with one attached hydrogen (secondary N) is 1. The number of benzene rings is 4. The van der Waals surface area contributed by atoms with Crippen LogP contribution in [-0.2, 0) is 19.7 Å². The van der Waals surface area contributed by atoms with Crippen molar-refractivity contribution in [3.05, 3.63) is 144 Å². The maximum absolute atomic E-state index is 14.3. The molecule has 0 saturated heterocycles. The fraction of sp³-hybridized carbons (Fsp3) is 0.133. The zero-order valence-electron chi connectivity index (χ0n) is 19.1. The van der Waals surface area contributed by atoms with Crippen LogP contribution >= 0.6 is 0 Å². The summed E-state index contributed by atoms with van der Waals surface area (Å²) < 4.78 is 5.05. The van der Waals surface area contributed by atoms with Gasteiger partial charge in [0.15, 0.2) is 0 Å². The van der Waals surface area contributed by atoms with Gasteiger partial charge in [-0.1, -0.05) is 121 Å². The average Bonchev–Trinajstić information content (AvgIpc) is 2.91. The molecule has 0 bridgehead atoms. The van der Waals surface area contributed by atoms with Crippen LogP contribution in [0.2, 0.25) is 0 Å². The number of esters is 1. The third-order valence-electron chi connectivity index (χ3n) is 6.12. The van der Waals surface area contributed by atoms with Crippen LogP contribution < -0.4 is 5.32 Å². The van der Waals surface area contributed by atoms with E-state index in [2.05, 4.69) is 5.32 Å². The monoisotopic (exact) mass is 449 g/mol. The molecule has 0 aliphatic rings. The van der Waals surface area contributed by atoms with E-state index in [4.69, 9.17) is 4.74 Å². The van der Waals surface area contributed by atoms with Crippen molar-refractivity contribution in [2.24, 2.45) is 0 Å². The molecular weight excluding hydrogens is 422 g/mol. The van der Waals surface area contributed by atoms with Crippen molar-refractivity contribution in [3.63, 3.8) is 0 Å². The Hall–Kier alpha value is -4.18. The average molecular weight is 450 g/mol. The molecule has 0 aromatic heterocycles. The second-order valence-corrected chi connectivity index (χ2v) is 8.04. The minimum Gasteiger partial charge on any atom is -0.468 e. The standard InChI is InChI=1S/C30H27NO3/c1-34-28(32)27(23-14-6-2-7-15-23)22-31-29(33)30(24-16-8-3-9-17-24,25-18-10-4-11-19-25)26-20-12-5-13-21-26/h2-21,27H,22H2,1H3,(H,31,33). The third kappa shape index (κ3) is 4.48. The molecule has 34 heavy (non-hydrogen) atoms. The van der Waals surface area contributed by atoms with Gasteiger partial charge in [0.25, 0.3) is 0 Å². The van der Waals surface area contributed by atoms with Crippen molar-refractivity contribution < 1.29 is 14.3 Å². The van der Waals surface area contributed by atoms with Crippen LogP contribution in [0.15, 0.2) is 121 Å². The van der Waals surface area contributed by atoms with Crippen LogP contribution in [0.25, 0.3) is 0 Å². The highest BCUT2D eigenvalue weighted by atomic mass is 16.5. The zero-order valence-corrected chi connectivity index (χ0v) is 19.1. The number of rotatable bonds is 8. The highest BCUT2D eigenvalue weighted by molar-refractivity contribution is 5.96. The Kier molecular flexibility index (Phi) is 7.19. The first-order valence-corrected chi connectivity index (χ1v) is 11.3. The van der Waals surface area contributed by atoms with Gasteiger partial charge in [0.1, 0.15) is 5.41 Å². The van der Waals surface area contributed by atoms with Crippen molar-refractivity contribution in [3.8, 4) is 0 Å². The lowest BCUT2D eigenvalue weighted by atomic mass is 9.68. The summed E-state index contributed by atoms with van der Waals surface area (Å²) in [5.74, 6) is -1.22. The molecule has 170 valence electrons. The van der Waals surface area contributed by atoms with Crippen molar-refractivity contribution in [2.75, 3.05) is 13.7 Å². The molecular formula is C30H27NO3. The Labute approximate surface area is 200 Å². The Bertz CT molecular complexity index is 1110. The van der Waals surface area contributed by atoms with Gasteiger partial charge in [0.2, 0.25) is 5.91 Å². The van der Waals surface area contributed by atoms with Gasteiger partial charge < -0.3 is 10.1 Å². The van der Waals surface area contributed by atoms with Gasteiger partial charge in [-0.25, -0.2) is 0 Å². The van der Waals surface area contributed by atoms with Crippen LogP contribution in [0.4, 0.5) is 0 Å². The summed E-state index contributed by atoms with van der Waals surface area (Å²) in [6, 6.07) is 38.6. The molecule has 4 heteroatoms. The van der Waals surface area contributed by atoms with Crippen LogP contribution in [0.1, 0.15) is 28.2 Å². The molecule has 1 N–H and O–H groups in total. The molecule has 0 radical (unpaired) electrons. The molecule has 0 heterocycles. The van der Waals surface area contributed by atoms with Gasteiger partial charge in [-0.05, 0) is 22.3 Å². The number of carbonyl (C=O) groups is 2. The second kappa shape index (κ2) is 10.6. The second-order valence-electron chi connectivity index (χ2n) is 8.04. The van der Waals surface area contributed by atoms with E-state index in [0.717, 1.165) is 22.3 Å². The fourth-order valence-corrected chi connectivity index (χ4v) is 4.45. The van der Waals surface area contributed by atoms with Crippen molar-refractivity contribution in [1.82, 2.24) is 5.32 Å². The summed E-state index contributed by atoms with van der Waals surface area (Å²) in [6.45, 7) is 0.115. The quantitative estimate of drug-likeness (QED) is 0.301. The fourth-order valence-electron chi connectivity index (χ4n) is 4.45. The Balaban J connectivity index is 1.81. The van der Waals surface area contributed by atoms with Crippen molar-refractivity contribution >= 4 is 11.9 Å². The molecule has 0 spiro atoms. The highest BCUT2D eigenvalue weighted by Crippen LogP contribution is 2.39. The van der Waals surface area contributed by atoms with Gasteiger partial charge in [0, 0.05) is 6.54 Å². The minimum atomic E-state index is -1.10. The molecule has 4 nitrogen and oxygen atoms in total. The molecule has 0 saturated carbocycles. The normalized spacial score (nSPS) is 11.9. The molecule has 0 aliphatic heterocycles. The highest BCUT2D eigenvalue weighted by Gasteiger charge is 2.44. The largest absolute Gasteiger partial charge is 0.468 e. The molecule has 1 atom stereocenters. The Morgan fingerprint density at radius 1 is 0.676 bits per heavy atom. The summed E-state index contributed by atoms with van der Waals surface area (Å²) in [7, 11) is 1.36. The van der Waals surface area contributed by atoms with E-state index in [1.54, 1.807) is 0 Å². The molecule has 4 rings (SSSR count). The van der Waals surface area contributed by atoms with Gasteiger partial charge >= 0.3 is 5.97 Å². The topological polar surface area (TPSA) is 55.4 Å². The first-order chi connectivity index (χ1) is 16.7. The molecule has 4 aromatic rings. The van der Waals surface area contributed by atoms with E-state index in [9.17, 15) is 9.59 Å². The number of ether oxygens (including phenoxy) is 1. The molecule has 1 amide bonds. The van der Waals surface area contributed by atoms with Crippen molar-refractivity contribution in [2.45, 2.75) is 11.3 Å². The van der Waals surface area contributed by atoms with Crippen molar-refractivity contribution in [1.29, 1.82) is 0 Å². The number of hydrogen-bond acceptors (Lipinski definition) is 3. The summed E-state index contributed by atoms with van der Waals surface area (Å²) in [4.78, 5) is 26.9. The van der Waals surface area contributed by atoms with Gasteiger partial charge in [-0.2, -0.15) is 0 Å². The van der Waals surface area contributed by atoms with E-state index in [1.165, 1.54) is 7.11 Å². The van der Waals surface area contributed by atoms with Gasteiger partial charge in [-0.3, -0.25) is 9.59 Å². The zero-order chi connectivity index (χ0) is 23.8. The predicted molar refractivity (Wildman–Crippen MR) is 133 cm³/mol. The Morgan fingerprint density at radius 2 is 1.06 bits per heavy atom. The lowest BCUT2D eigenvalue weighted by Crippen LogP contribution is -2.48. The Morgan fingerprint density at radius 3 is 1.44 bits per heavy atom. The maximum Gasteiger partial charge on any atom is 0.314 e. The lowest BCUT2D eigenvalue weighted by molar-refractivity contribution is -0.142. The minimum absolute atomic E-state index is 0.115.